The summed E-state index contributed by atoms with van der Waals surface area (Å²) in [6, 6.07) is 0. The van der Waals surface area contributed by atoms with Crippen molar-refractivity contribution < 1.29 is 9.53 Å². The maximum Gasteiger partial charge on any atom is 0.360 e. The van der Waals surface area contributed by atoms with Gasteiger partial charge in [-0.05, 0) is 31.6 Å². The summed E-state index contributed by atoms with van der Waals surface area (Å²) >= 11 is 0. The Bertz CT molecular complexity index is 422. The average molecular weight is 251 g/mol. The van der Waals surface area contributed by atoms with Crippen molar-refractivity contribution in [1.29, 1.82) is 0 Å². The minimum absolute atomic E-state index is 0.333. The Kier molecular flexibility index (Phi) is 3.99. The zero-order valence-corrected chi connectivity index (χ0v) is 11.3. The third-order valence-corrected chi connectivity index (χ3v) is 3.38. The van der Waals surface area contributed by atoms with Crippen molar-refractivity contribution in [3.8, 4) is 0 Å². The zero-order valence-electron chi connectivity index (χ0n) is 11.3. The van der Waals surface area contributed by atoms with Crippen LogP contribution < -0.4 is 0 Å². The van der Waals surface area contributed by atoms with E-state index < -0.39 is 0 Å². The minimum atomic E-state index is -0.360. The number of hydrogen-bond donors (Lipinski definition) is 0. The van der Waals surface area contributed by atoms with E-state index in [-0.39, 0.29) is 5.97 Å². The molecule has 0 spiro atoms. The molecule has 5 nitrogen and oxygen atoms in total. The van der Waals surface area contributed by atoms with Crippen LogP contribution in [-0.2, 0) is 11.3 Å². The van der Waals surface area contributed by atoms with Crippen LogP contribution in [0.2, 0.25) is 0 Å². The van der Waals surface area contributed by atoms with E-state index in [0.717, 1.165) is 12.2 Å². The molecule has 1 aliphatic rings. The van der Waals surface area contributed by atoms with Crippen LogP contribution in [-0.4, -0.2) is 27.6 Å². The lowest BCUT2D eigenvalue weighted by molar-refractivity contribution is 0.0451. The summed E-state index contributed by atoms with van der Waals surface area (Å²) in [6.07, 6.45) is 3.82. The molecule has 0 saturated heterocycles. The predicted molar refractivity (Wildman–Crippen MR) is 67.2 cm³/mol. The maximum atomic E-state index is 11.8. The van der Waals surface area contributed by atoms with E-state index in [1.807, 2.05) is 25.5 Å². The predicted octanol–water partition coefficient (Wildman–Crippen LogP) is 2.20. The van der Waals surface area contributed by atoms with Crippen LogP contribution in [0.3, 0.4) is 0 Å². The van der Waals surface area contributed by atoms with Gasteiger partial charge in [-0.25, -0.2) is 9.48 Å². The first-order chi connectivity index (χ1) is 8.58. The van der Waals surface area contributed by atoms with Crippen molar-refractivity contribution in [3.05, 3.63) is 11.4 Å². The van der Waals surface area contributed by atoms with Crippen LogP contribution in [0.25, 0.3) is 0 Å². The molecule has 18 heavy (non-hydrogen) atoms. The molecule has 100 valence electrons. The number of nitrogens with zero attached hydrogens (tertiary/aromatic N) is 3. The van der Waals surface area contributed by atoms with Crippen LogP contribution in [0.5, 0.6) is 0 Å². The van der Waals surface area contributed by atoms with Gasteiger partial charge in [-0.1, -0.05) is 25.5 Å². The number of hydrogen-bond acceptors (Lipinski definition) is 4. The van der Waals surface area contributed by atoms with Gasteiger partial charge >= 0.3 is 5.97 Å². The Morgan fingerprint density at radius 1 is 1.50 bits per heavy atom. The SMILES string of the molecule is Cc1c(C(=O)OCC(C)C)nnn1CC1CCC1. The fraction of sp³-hybridized carbons (Fsp3) is 0.769. The minimum Gasteiger partial charge on any atom is -0.461 e. The lowest BCUT2D eigenvalue weighted by Gasteiger charge is -2.25. The number of carbonyl (C=O) groups excluding carboxylic acids is 1. The summed E-state index contributed by atoms with van der Waals surface area (Å²) in [5, 5.41) is 8.00. The van der Waals surface area contributed by atoms with Crippen LogP contribution in [0.4, 0.5) is 0 Å². The standard InChI is InChI=1S/C13H21N3O2/c1-9(2)8-18-13(17)12-10(3)16(15-14-12)7-11-5-4-6-11/h9,11H,4-8H2,1-3H3. The van der Waals surface area contributed by atoms with Crippen LogP contribution in [0.15, 0.2) is 0 Å². The maximum absolute atomic E-state index is 11.8. The molecule has 0 N–H and O–H groups in total. The molecule has 0 aliphatic heterocycles. The fourth-order valence-electron chi connectivity index (χ4n) is 1.95. The smallest absolute Gasteiger partial charge is 0.360 e. The second-order valence-electron chi connectivity index (χ2n) is 5.49. The molecule has 1 fully saturated rings. The Hall–Kier alpha value is -1.39. The Morgan fingerprint density at radius 3 is 2.78 bits per heavy atom. The Labute approximate surface area is 108 Å². The summed E-state index contributed by atoms with van der Waals surface area (Å²) < 4.78 is 7.00. The zero-order chi connectivity index (χ0) is 13.1. The van der Waals surface area contributed by atoms with E-state index in [1.54, 1.807) is 0 Å². The van der Waals surface area contributed by atoms with Gasteiger partial charge in [0.25, 0.3) is 0 Å². The molecule has 0 radical (unpaired) electrons. The van der Waals surface area contributed by atoms with Gasteiger partial charge in [0.05, 0.1) is 12.3 Å². The van der Waals surface area contributed by atoms with Gasteiger partial charge in [-0.3, -0.25) is 0 Å². The lowest BCUT2D eigenvalue weighted by atomic mass is 9.85. The highest BCUT2D eigenvalue weighted by Crippen LogP contribution is 2.28. The van der Waals surface area contributed by atoms with E-state index in [9.17, 15) is 4.79 Å². The van der Waals surface area contributed by atoms with Crippen LogP contribution >= 0.6 is 0 Å². The summed E-state index contributed by atoms with van der Waals surface area (Å²) in [6.45, 7) is 7.19. The molecule has 0 unspecified atom stereocenters. The van der Waals surface area contributed by atoms with Gasteiger partial charge < -0.3 is 4.74 Å². The van der Waals surface area contributed by atoms with Gasteiger partial charge in [0.15, 0.2) is 5.69 Å². The average Bonchev–Trinajstić information content (AvgIpc) is 2.62. The number of carbonyl (C=O) groups is 1. The third-order valence-electron chi connectivity index (χ3n) is 3.38. The Balaban J connectivity index is 1.98. The van der Waals surface area contributed by atoms with E-state index in [0.29, 0.717) is 24.1 Å². The molecule has 0 amide bonds. The molecule has 0 bridgehead atoms. The molecule has 2 rings (SSSR count). The van der Waals surface area contributed by atoms with E-state index in [4.69, 9.17) is 4.74 Å². The fourth-order valence-corrected chi connectivity index (χ4v) is 1.95. The second kappa shape index (κ2) is 5.50. The van der Waals surface area contributed by atoms with Crippen molar-refractivity contribution in [2.45, 2.75) is 46.6 Å². The van der Waals surface area contributed by atoms with Gasteiger partial charge in [0, 0.05) is 6.54 Å². The molecular formula is C13H21N3O2. The first-order valence-electron chi connectivity index (χ1n) is 6.65. The molecule has 0 atom stereocenters. The monoisotopic (exact) mass is 251 g/mol. The number of ether oxygens (including phenoxy) is 1. The largest absolute Gasteiger partial charge is 0.461 e. The quantitative estimate of drug-likeness (QED) is 0.753. The van der Waals surface area contributed by atoms with E-state index >= 15 is 0 Å². The highest BCUT2D eigenvalue weighted by Gasteiger charge is 2.22. The summed E-state index contributed by atoms with van der Waals surface area (Å²) in [4.78, 5) is 11.8. The first kappa shape index (κ1) is 13.1. The van der Waals surface area contributed by atoms with Crippen molar-refractivity contribution in [2.75, 3.05) is 6.61 Å². The number of rotatable bonds is 5. The second-order valence-corrected chi connectivity index (χ2v) is 5.49. The van der Waals surface area contributed by atoms with Gasteiger partial charge in [-0.15, -0.1) is 5.10 Å². The van der Waals surface area contributed by atoms with Gasteiger partial charge in [0.2, 0.25) is 0 Å². The molecule has 1 aromatic rings. The summed E-state index contributed by atoms with van der Waals surface area (Å²) in [5.41, 5.74) is 1.17. The van der Waals surface area contributed by atoms with Crippen LogP contribution in [0.1, 0.15) is 49.3 Å². The van der Waals surface area contributed by atoms with E-state index in [1.165, 1.54) is 19.3 Å². The number of esters is 1. The first-order valence-corrected chi connectivity index (χ1v) is 6.65. The Morgan fingerprint density at radius 2 is 2.22 bits per heavy atom. The topological polar surface area (TPSA) is 57.0 Å². The van der Waals surface area contributed by atoms with Gasteiger partial charge in [0.1, 0.15) is 0 Å². The third kappa shape index (κ3) is 2.89. The van der Waals surface area contributed by atoms with E-state index in [2.05, 4.69) is 10.3 Å². The summed E-state index contributed by atoms with van der Waals surface area (Å²) in [5.74, 6) is 0.672. The molecule has 1 aliphatic carbocycles. The van der Waals surface area contributed by atoms with Gasteiger partial charge in [-0.2, -0.15) is 0 Å². The number of aromatic nitrogens is 3. The van der Waals surface area contributed by atoms with Crippen molar-refractivity contribution in [3.63, 3.8) is 0 Å². The lowest BCUT2D eigenvalue weighted by Crippen LogP contribution is -2.20. The molecule has 0 aromatic carbocycles. The van der Waals surface area contributed by atoms with Crippen molar-refractivity contribution in [2.24, 2.45) is 11.8 Å². The van der Waals surface area contributed by atoms with Crippen LogP contribution in [0, 0.1) is 18.8 Å². The highest BCUT2D eigenvalue weighted by atomic mass is 16.5. The normalized spacial score (nSPS) is 15.8. The molecular weight excluding hydrogens is 230 g/mol. The van der Waals surface area contributed by atoms with Crippen molar-refractivity contribution >= 4 is 5.97 Å². The van der Waals surface area contributed by atoms with Crippen molar-refractivity contribution in [1.82, 2.24) is 15.0 Å². The molecule has 5 heteroatoms. The molecule has 1 saturated carbocycles. The molecule has 1 aromatic heterocycles. The molecule has 1 heterocycles. The summed E-state index contributed by atoms with van der Waals surface area (Å²) in [7, 11) is 0. The highest BCUT2D eigenvalue weighted by molar-refractivity contribution is 5.88.